The molecule has 1 aromatic heterocycles. The first-order chi connectivity index (χ1) is 18.9. The van der Waals surface area contributed by atoms with Crippen molar-refractivity contribution in [2.45, 2.75) is 26.5 Å². The summed E-state index contributed by atoms with van der Waals surface area (Å²) in [5, 5.41) is 10.6. The predicted octanol–water partition coefficient (Wildman–Crippen LogP) is 5.87. The van der Waals surface area contributed by atoms with Gasteiger partial charge in [-0.05, 0) is 65.2 Å². The predicted molar refractivity (Wildman–Crippen MR) is 152 cm³/mol. The van der Waals surface area contributed by atoms with E-state index in [0.717, 1.165) is 11.1 Å². The van der Waals surface area contributed by atoms with E-state index in [9.17, 15) is 4.79 Å². The second-order valence-corrected chi connectivity index (χ2v) is 9.91. The third-order valence-electron chi connectivity index (χ3n) is 6.47. The van der Waals surface area contributed by atoms with Crippen molar-refractivity contribution >= 4 is 33.5 Å². The molecule has 0 saturated carbocycles. The summed E-state index contributed by atoms with van der Waals surface area (Å²) in [6.45, 7) is 4.26. The van der Waals surface area contributed by atoms with Gasteiger partial charge >= 0.3 is 0 Å². The van der Waals surface area contributed by atoms with E-state index in [0.29, 0.717) is 51.2 Å². The highest BCUT2D eigenvalue weighted by atomic mass is 79.9. The quantitative estimate of drug-likeness (QED) is 0.265. The van der Waals surface area contributed by atoms with Crippen LogP contribution in [-0.4, -0.2) is 34.9 Å². The number of nitrogens with one attached hydrogen (secondary N) is 2. The SMILES string of the molecule is COc1ccccc1NC(=O)C1=C(C)Nc2ncnn2C1c1cc(Br)c(OCc2ccc(C)cc2)c(OC)c1. The molecule has 1 aliphatic heterocycles. The number of carbonyl (C=O) groups excluding carboxylic acids is 1. The molecule has 1 atom stereocenters. The monoisotopic (exact) mass is 589 g/mol. The third-order valence-corrected chi connectivity index (χ3v) is 7.05. The fourth-order valence-corrected chi connectivity index (χ4v) is 5.08. The summed E-state index contributed by atoms with van der Waals surface area (Å²) in [7, 11) is 3.15. The van der Waals surface area contributed by atoms with E-state index in [1.807, 2.05) is 62.4 Å². The molecule has 1 amide bonds. The second-order valence-electron chi connectivity index (χ2n) is 9.06. The molecule has 3 aromatic carbocycles. The lowest BCUT2D eigenvalue weighted by Gasteiger charge is -2.29. The van der Waals surface area contributed by atoms with E-state index in [4.69, 9.17) is 14.2 Å². The van der Waals surface area contributed by atoms with Gasteiger partial charge in [-0.15, -0.1) is 0 Å². The first-order valence-electron chi connectivity index (χ1n) is 12.3. The van der Waals surface area contributed by atoms with E-state index in [1.54, 1.807) is 31.0 Å². The minimum Gasteiger partial charge on any atom is -0.495 e. The Balaban J connectivity index is 1.51. The van der Waals surface area contributed by atoms with Crippen LogP contribution in [0.5, 0.6) is 17.2 Å². The van der Waals surface area contributed by atoms with Crippen LogP contribution in [0.15, 0.2) is 82.7 Å². The number of allylic oxidation sites excluding steroid dienone is 1. The lowest BCUT2D eigenvalue weighted by atomic mass is 9.94. The first kappa shape index (κ1) is 26.3. The zero-order chi connectivity index (χ0) is 27.5. The summed E-state index contributed by atoms with van der Waals surface area (Å²) in [6, 6.07) is 18.6. The molecule has 0 bridgehead atoms. The van der Waals surface area contributed by atoms with Crippen LogP contribution in [0.1, 0.15) is 29.7 Å². The van der Waals surface area contributed by atoms with Gasteiger partial charge in [0.2, 0.25) is 5.95 Å². The molecule has 0 fully saturated rings. The van der Waals surface area contributed by atoms with Gasteiger partial charge < -0.3 is 24.8 Å². The lowest BCUT2D eigenvalue weighted by molar-refractivity contribution is -0.113. The number of benzene rings is 3. The Hall–Kier alpha value is -4.31. The van der Waals surface area contributed by atoms with Gasteiger partial charge in [0.1, 0.15) is 24.7 Å². The maximum atomic E-state index is 13.8. The van der Waals surface area contributed by atoms with E-state index in [1.165, 1.54) is 11.9 Å². The highest BCUT2D eigenvalue weighted by molar-refractivity contribution is 9.10. The van der Waals surface area contributed by atoms with Crippen LogP contribution < -0.4 is 24.8 Å². The van der Waals surface area contributed by atoms with Crippen LogP contribution in [0.25, 0.3) is 0 Å². The second kappa shape index (κ2) is 11.2. The summed E-state index contributed by atoms with van der Waals surface area (Å²) in [5.41, 5.74) is 4.68. The largest absolute Gasteiger partial charge is 0.495 e. The number of halogens is 1. The Bertz CT molecular complexity index is 1550. The average molecular weight is 590 g/mol. The molecule has 1 unspecified atom stereocenters. The number of anilines is 2. The number of rotatable bonds is 8. The Morgan fingerprint density at radius 2 is 1.79 bits per heavy atom. The number of amides is 1. The van der Waals surface area contributed by atoms with Crippen molar-refractivity contribution < 1.29 is 19.0 Å². The number of carbonyl (C=O) groups is 1. The molecular formula is C29H28BrN5O4. The summed E-state index contributed by atoms with van der Waals surface area (Å²) >= 11 is 3.67. The summed E-state index contributed by atoms with van der Waals surface area (Å²) < 4.78 is 19.7. The van der Waals surface area contributed by atoms with Gasteiger partial charge in [0.15, 0.2) is 11.5 Å². The molecule has 200 valence electrons. The zero-order valence-electron chi connectivity index (χ0n) is 22.0. The van der Waals surface area contributed by atoms with Crippen molar-refractivity contribution in [1.82, 2.24) is 14.8 Å². The number of para-hydroxylation sites is 2. The van der Waals surface area contributed by atoms with E-state index < -0.39 is 6.04 Å². The molecule has 9 nitrogen and oxygen atoms in total. The summed E-state index contributed by atoms with van der Waals surface area (Å²) in [5.74, 6) is 1.88. The number of methoxy groups -OCH3 is 2. The number of ether oxygens (including phenoxy) is 3. The Morgan fingerprint density at radius 3 is 2.54 bits per heavy atom. The van der Waals surface area contributed by atoms with Gasteiger partial charge in [0, 0.05) is 5.70 Å². The molecule has 10 heteroatoms. The number of hydrogen-bond acceptors (Lipinski definition) is 7. The van der Waals surface area contributed by atoms with Gasteiger partial charge in [-0.25, -0.2) is 4.68 Å². The summed E-state index contributed by atoms with van der Waals surface area (Å²) in [6.07, 6.45) is 1.45. The van der Waals surface area contributed by atoms with Gasteiger partial charge in [0.05, 0.1) is 30.0 Å². The zero-order valence-corrected chi connectivity index (χ0v) is 23.6. The molecule has 0 spiro atoms. The molecule has 39 heavy (non-hydrogen) atoms. The highest BCUT2D eigenvalue weighted by Crippen LogP contribution is 2.43. The number of hydrogen-bond donors (Lipinski definition) is 2. The normalized spacial score (nSPS) is 14.3. The van der Waals surface area contributed by atoms with Gasteiger partial charge in [0.25, 0.3) is 5.91 Å². The van der Waals surface area contributed by atoms with Crippen LogP contribution in [-0.2, 0) is 11.4 Å². The van der Waals surface area contributed by atoms with Crippen LogP contribution in [0.4, 0.5) is 11.6 Å². The molecular weight excluding hydrogens is 562 g/mol. The van der Waals surface area contributed by atoms with Crippen molar-refractivity contribution in [3.8, 4) is 17.2 Å². The van der Waals surface area contributed by atoms with Crippen LogP contribution >= 0.6 is 15.9 Å². The number of aromatic nitrogens is 3. The summed E-state index contributed by atoms with van der Waals surface area (Å²) in [4.78, 5) is 18.1. The van der Waals surface area contributed by atoms with E-state index in [-0.39, 0.29) is 5.91 Å². The van der Waals surface area contributed by atoms with Crippen LogP contribution in [0.3, 0.4) is 0 Å². The van der Waals surface area contributed by atoms with Crippen molar-refractivity contribution in [2.75, 3.05) is 24.9 Å². The first-order valence-corrected chi connectivity index (χ1v) is 13.1. The van der Waals surface area contributed by atoms with E-state index in [2.05, 4.69) is 36.6 Å². The Kier molecular flexibility index (Phi) is 7.56. The molecule has 0 aliphatic carbocycles. The highest BCUT2D eigenvalue weighted by Gasteiger charge is 2.34. The smallest absolute Gasteiger partial charge is 0.255 e. The Morgan fingerprint density at radius 1 is 1.05 bits per heavy atom. The van der Waals surface area contributed by atoms with Gasteiger partial charge in [-0.3, -0.25) is 4.79 Å². The minimum absolute atomic E-state index is 0.301. The van der Waals surface area contributed by atoms with Gasteiger partial charge in [-0.2, -0.15) is 10.1 Å². The number of nitrogens with zero attached hydrogens (tertiary/aromatic N) is 3. The molecule has 5 rings (SSSR count). The van der Waals surface area contributed by atoms with E-state index >= 15 is 0 Å². The maximum absolute atomic E-state index is 13.8. The fraction of sp³-hybridized carbons (Fsp3) is 0.207. The molecule has 2 N–H and O–H groups in total. The standard InChI is InChI=1S/C29H28BrN5O4/c1-17-9-11-19(12-10-17)15-39-27-21(30)13-20(14-24(27)38-4)26-25(18(2)33-29-31-16-32-35(26)29)28(36)34-22-7-5-6-8-23(22)37-3/h5-14,16,26H,15H2,1-4H3,(H,34,36)(H,31,32,33). The van der Waals surface area contributed by atoms with Crippen LogP contribution in [0.2, 0.25) is 0 Å². The Labute approximate surface area is 234 Å². The molecule has 1 aliphatic rings. The van der Waals surface area contributed by atoms with Crippen molar-refractivity contribution in [1.29, 1.82) is 0 Å². The molecule has 0 saturated heterocycles. The van der Waals surface area contributed by atoms with Crippen molar-refractivity contribution in [3.05, 3.63) is 99.4 Å². The number of aryl methyl sites for hydroxylation is 1. The third kappa shape index (κ3) is 5.33. The average Bonchev–Trinajstić information content (AvgIpc) is 3.40. The number of fused-ring (bicyclic) bond motifs is 1. The minimum atomic E-state index is -0.588. The van der Waals surface area contributed by atoms with Crippen molar-refractivity contribution in [3.63, 3.8) is 0 Å². The lowest BCUT2D eigenvalue weighted by Crippen LogP contribution is -2.31. The maximum Gasteiger partial charge on any atom is 0.255 e. The molecule has 2 heterocycles. The van der Waals surface area contributed by atoms with Crippen molar-refractivity contribution in [2.24, 2.45) is 0 Å². The van der Waals surface area contributed by atoms with Gasteiger partial charge in [-0.1, -0.05) is 42.0 Å². The topological polar surface area (TPSA) is 99.5 Å². The molecule has 4 aromatic rings. The fourth-order valence-electron chi connectivity index (χ4n) is 4.51. The molecule has 0 radical (unpaired) electrons. The van der Waals surface area contributed by atoms with Crippen LogP contribution in [0, 0.1) is 6.92 Å².